The highest BCUT2D eigenvalue weighted by Crippen LogP contribution is 2.40. The van der Waals surface area contributed by atoms with Gasteiger partial charge in [-0.05, 0) is 91.1 Å². The second-order valence-electron chi connectivity index (χ2n) is 12.1. The molecule has 262 valence electrons. The third kappa shape index (κ3) is 8.66. The molecule has 0 unspecified atom stereocenters. The Bertz CT molecular complexity index is 1720. The van der Waals surface area contributed by atoms with Crippen molar-refractivity contribution >= 4 is 0 Å². The number of aromatic nitrogens is 1. The molecule has 1 aromatic heterocycles. The van der Waals surface area contributed by atoms with E-state index < -0.39 is 69.7 Å². The summed E-state index contributed by atoms with van der Waals surface area (Å²) in [6.45, 7) is 2.18. The third-order valence-corrected chi connectivity index (χ3v) is 8.66. The van der Waals surface area contributed by atoms with Crippen molar-refractivity contribution in [2.45, 2.75) is 76.7 Å². The van der Waals surface area contributed by atoms with E-state index in [-0.39, 0.29) is 11.3 Å². The summed E-state index contributed by atoms with van der Waals surface area (Å²) in [5.74, 6) is -9.98. The van der Waals surface area contributed by atoms with Gasteiger partial charge in [0.05, 0.1) is 5.69 Å². The van der Waals surface area contributed by atoms with Crippen molar-refractivity contribution in [1.82, 2.24) is 4.98 Å². The first-order valence-corrected chi connectivity index (χ1v) is 15.7. The van der Waals surface area contributed by atoms with Crippen LogP contribution in [0.2, 0.25) is 0 Å². The number of pyridine rings is 1. The maximum absolute atomic E-state index is 15.1. The Morgan fingerprint density at radius 1 is 0.694 bits per heavy atom. The molecule has 5 rings (SSSR count). The SMILES string of the molecule is CCCCCC1CCC(c2ccc(-c3cc(F)c(C(F)(F)Oc4ccc(-c5cc(F)c(OC(F)(F)F)c(F)c5)c(F)c4)c(F)c3)nc2)CC1. The highest BCUT2D eigenvalue weighted by atomic mass is 19.4. The van der Waals surface area contributed by atoms with Crippen LogP contribution in [0, 0.1) is 35.0 Å². The van der Waals surface area contributed by atoms with E-state index in [4.69, 9.17) is 0 Å². The monoisotopic (exact) mass is 699 g/mol. The fourth-order valence-electron chi connectivity index (χ4n) is 6.21. The van der Waals surface area contributed by atoms with E-state index in [1.807, 2.05) is 6.07 Å². The van der Waals surface area contributed by atoms with Crippen LogP contribution in [0.4, 0.5) is 43.9 Å². The molecular weight excluding hydrogens is 668 g/mol. The van der Waals surface area contributed by atoms with Gasteiger partial charge in [-0.15, -0.1) is 13.2 Å². The zero-order valence-corrected chi connectivity index (χ0v) is 26.1. The van der Waals surface area contributed by atoms with E-state index in [1.54, 1.807) is 12.3 Å². The molecule has 1 fully saturated rings. The first-order valence-electron chi connectivity index (χ1n) is 15.7. The fourth-order valence-corrected chi connectivity index (χ4v) is 6.21. The molecule has 0 saturated heterocycles. The van der Waals surface area contributed by atoms with E-state index in [0.717, 1.165) is 43.4 Å². The average molecular weight is 700 g/mol. The summed E-state index contributed by atoms with van der Waals surface area (Å²) in [7, 11) is 0. The fraction of sp³-hybridized carbons (Fsp3) is 0.361. The van der Waals surface area contributed by atoms with Gasteiger partial charge in [0, 0.05) is 23.4 Å². The number of hydrogen-bond acceptors (Lipinski definition) is 3. The van der Waals surface area contributed by atoms with Gasteiger partial charge in [0.2, 0.25) is 5.75 Å². The minimum absolute atomic E-state index is 0.0951. The first-order chi connectivity index (χ1) is 23.1. The Balaban J connectivity index is 1.28. The standard InChI is InChI=1S/C36H31F10NO2/c1-2-3-4-5-20-6-8-21(9-7-20)22-10-13-32(47-19-22)24-16-28(38)33(29(39)17-24)35(42,43)48-25-11-12-26(27(37)18-25)23-14-30(40)34(31(41)15-23)49-36(44,45)46/h10-21H,2-9H2,1H3. The van der Waals surface area contributed by atoms with Crippen molar-refractivity contribution < 1.29 is 53.4 Å². The van der Waals surface area contributed by atoms with Crippen LogP contribution in [0.25, 0.3) is 22.4 Å². The Morgan fingerprint density at radius 2 is 1.33 bits per heavy atom. The smallest absolute Gasteiger partial charge is 0.429 e. The zero-order chi connectivity index (χ0) is 35.5. The molecule has 1 aliphatic rings. The Labute approximate surface area is 275 Å². The van der Waals surface area contributed by atoms with Crippen molar-refractivity contribution in [2.75, 3.05) is 0 Å². The van der Waals surface area contributed by atoms with Crippen LogP contribution in [-0.2, 0) is 6.11 Å². The second kappa shape index (κ2) is 14.7. The maximum Gasteiger partial charge on any atom is 0.573 e. The molecule has 13 heteroatoms. The quantitative estimate of drug-likeness (QED) is 0.115. The molecule has 1 aliphatic carbocycles. The number of hydrogen-bond donors (Lipinski definition) is 0. The summed E-state index contributed by atoms with van der Waals surface area (Å²) in [6, 6.07) is 7.24. The molecule has 3 aromatic carbocycles. The third-order valence-electron chi connectivity index (χ3n) is 8.66. The Hall–Kier alpha value is -4.29. The molecule has 1 heterocycles. The molecule has 0 N–H and O–H groups in total. The molecule has 0 aliphatic heterocycles. The number of nitrogens with zero attached hydrogens (tertiary/aromatic N) is 1. The summed E-state index contributed by atoms with van der Waals surface area (Å²) in [4.78, 5) is 4.32. The lowest BCUT2D eigenvalue weighted by atomic mass is 9.77. The van der Waals surface area contributed by atoms with Crippen molar-refractivity contribution in [3.05, 3.63) is 101 Å². The summed E-state index contributed by atoms with van der Waals surface area (Å²) in [6.07, 6.45) is 0.729. The van der Waals surface area contributed by atoms with Crippen LogP contribution in [0.1, 0.15) is 75.3 Å². The second-order valence-corrected chi connectivity index (χ2v) is 12.1. The topological polar surface area (TPSA) is 31.4 Å². The Kier molecular flexibility index (Phi) is 10.8. The molecule has 3 nitrogen and oxygen atoms in total. The van der Waals surface area contributed by atoms with Gasteiger partial charge in [-0.2, -0.15) is 8.78 Å². The number of alkyl halides is 5. The normalized spacial score (nSPS) is 16.9. The first kappa shape index (κ1) is 36.0. The van der Waals surface area contributed by atoms with E-state index in [9.17, 15) is 26.3 Å². The molecule has 0 amide bonds. The molecule has 4 aromatic rings. The summed E-state index contributed by atoms with van der Waals surface area (Å²) in [5.41, 5.74) is -1.90. The molecule has 0 atom stereocenters. The van der Waals surface area contributed by atoms with E-state index in [2.05, 4.69) is 21.4 Å². The summed E-state index contributed by atoms with van der Waals surface area (Å²) in [5, 5.41) is 0. The number of unbranched alkanes of at least 4 members (excludes halogenated alkanes) is 2. The summed E-state index contributed by atoms with van der Waals surface area (Å²) < 4.78 is 148. The summed E-state index contributed by atoms with van der Waals surface area (Å²) >= 11 is 0. The van der Waals surface area contributed by atoms with Crippen LogP contribution in [0.5, 0.6) is 11.5 Å². The predicted molar refractivity (Wildman–Crippen MR) is 161 cm³/mol. The lowest BCUT2D eigenvalue weighted by molar-refractivity contribution is -0.276. The van der Waals surface area contributed by atoms with Gasteiger partial charge in [0.15, 0.2) is 11.6 Å². The van der Waals surface area contributed by atoms with Gasteiger partial charge in [-0.3, -0.25) is 4.98 Å². The number of ether oxygens (including phenoxy) is 2. The van der Waals surface area contributed by atoms with Crippen molar-refractivity contribution in [1.29, 1.82) is 0 Å². The Morgan fingerprint density at radius 3 is 1.88 bits per heavy atom. The molecule has 49 heavy (non-hydrogen) atoms. The molecule has 0 radical (unpaired) electrons. The van der Waals surface area contributed by atoms with E-state index >= 15 is 17.6 Å². The van der Waals surface area contributed by atoms with Crippen LogP contribution < -0.4 is 9.47 Å². The van der Waals surface area contributed by atoms with Crippen LogP contribution >= 0.6 is 0 Å². The highest BCUT2D eigenvalue weighted by molar-refractivity contribution is 5.66. The molecular formula is C36H31F10NO2. The van der Waals surface area contributed by atoms with E-state index in [1.165, 1.54) is 25.7 Å². The van der Waals surface area contributed by atoms with Gasteiger partial charge in [-0.1, -0.05) is 38.7 Å². The molecule has 1 saturated carbocycles. The molecule has 0 bridgehead atoms. The zero-order valence-electron chi connectivity index (χ0n) is 26.1. The van der Waals surface area contributed by atoms with Gasteiger partial charge in [0.1, 0.15) is 28.8 Å². The van der Waals surface area contributed by atoms with Crippen LogP contribution in [0.15, 0.2) is 60.8 Å². The van der Waals surface area contributed by atoms with E-state index in [0.29, 0.717) is 42.2 Å². The lowest BCUT2D eigenvalue weighted by Gasteiger charge is -2.28. The van der Waals surface area contributed by atoms with Gasteiger partial charge >= 0.3 is 12.5 Å². The average Bonchev–Trinajstić information content (AvgIpc) is 3.02. The van der Waals surface area contributed by atoms with Crippen molar-refractivity contribution in [3.8, 4) is 33.9 Å². The predicted octanol–water partition coefficient (Wildman–Crippen LogP) is 12.0. The van der Waals surface area contributed by atoms with Gasteiger partial charge < -0.3 is 9.47 Å². The van der Waals surface area contributed by atoms with Crippen molar-refractivity contribution in [3.63, 3.8) is 0 Å². The number of benzene rings is 3. The largest absolute Gasteiger partial charge is 0.573 e. The minimum Gasteiger partial charge on any atom is -0.429 e. The van der Waals surface area contributed by atoms with Gasteiger partial charge in [0.25, 0.3) is 0 Å². The maximum atomic E-state index is 15.1. The highest BCUT2D eigenvalue weighted by Gasteiger charge is 2.41. The lowest BCUT2D eigenvalue weighted by Crippen LogP contribution is -2.25. The molecule has 0 spiro atoms. The number of halogens is 10. The van der Waals surface area contributed by atoms with Crippen molar-refractivity contribution in [2.24, 2.45) is 5.92 Å². The van der Waals surface area contributed by atoms with Crippen LogP contribution in [-0.4, -0.2) is 11.3 Å². The number of rotatable bonds is 11. The van der Waals surface area contributed by atoms with Gasteiger partial charge in [-0.25, -0.2) is 22.0 Å². The minimum atomic E-state index is -5.41. The van der Waals surface area contributed by atoms with Crippen LogP contribution in [0.3, 0.4) is 0 Å².